The van der Waals surface area contributed by atoms with Crippen LogP contribution in [-0.2, 0) is 5.75 Å². The van der Waals surface area contributed by atoms with Crippen molar-refractivity contribution >= 4 is 34.9 Å². The van der Waals surface area contributed by atoms with Gasteiger partial charge in [-0.15, -0.1) is 10.2 Å². The van der Waals surface area contributed by atoms with E-state index in [1.54, 1.807) is 34.9 Å². The third-order valence-corrected chi connectivity index (χ3v) is 6.71. The average molecular weight is 397 g/mol. The standard InChI is InChI=1S/C19H16N4S3/c1-24-19-23-22-15(26-19)12-25-18-20-16(13-8-4-2-5-9-13)17(21-18)14-10-6-3-7-11-14/h2-11H,12H2,1H3,(H,20,21). The highest BCUT2D eigenvalue weighted by molar-refractivity contribution is 8.00. The van der Waals surface area contributed by atoms with E-state index in [1.165, 1.54) is 0 Å². The Morgan fingerprint density at radius 1 is 0.923 bits per heavy atom. The number of H-pyrrole nitrogens is 1. The molecule has 4 rings (SSSR count). The highest BCUT2D eigenvalue weighted by atomic mass is 32.2. The molecule has 0 aliphatic rings. The van der Waals surface area contributed by atoms with Gasteiger partial charge in [-0.1, -0.05) is 95.5 Å². The van der Waals surface area contributed by atoms with E-state index in [1.807, 2.05) is 42.7 Å². The Hall–Kier alpha value is -2.09. The molecule has 0 atom stereocenters. The van der Waals surface area contributed by atoms with Crippen LogP contribution in [0.15, 0.2) is 70.2 Å². The molecule has 0 saturated carbocycles. The molecule has 26 heavy (non-hydrogen) atoms. The summed E-state index contributed by atoms with van der Waals surface area (Å²) in [6, 6.07) is 20.6. The molecule has 7 heteroatoms. The van der Waals surface area contributed by atoms with Crippen LogP contribution in [0, 0.1) is 0 Å². The van der Waals surface area contributed by atoms with Gasteiger partial charge in [0, 0.05) is 11.1 Å². The van der Waals surface area contributed by atoms with Crippen molar-refractivity contribution < 1.29 is 0 Å². The number of nitrogens with zero attached hydrogens (tertiary/aromatic N) is 3. The van der Waals surface area contributed by atoms with Crippen LogP contribution in [-0.4, -0.2) is 26.4 Å². The first-order chi connectivity index (χ1) is 12.8. The molecule has 0 aliphatic carbocycles. The zero-order valence-electron chi connectivity index (χ0n) is 14.0. The number of nitrogens with one attached hydrogen (secondary N) is 1. The summed E-state index contributed by atoms with van der Waals surface area (Å²) >= 11 is 4.91. The van der Waals surface area contributed by atoms with Crippen molar-refractivity contribution in [1.29, 1.82) is 0 Å². The van der Waals surface area contributed by atoms with Gasteiger partial charge in [-0.3, -0.25) is 0 Å². The zero-order valence-corrected chi connectivity index (χ0v) is 16.5. The summed E-state index contributed by atoms with van der Waals surface area (Å²) in [5, 5.41) is 10.3. The summed E-state index contributed by atoms with van der Waals surface area (Å²) in [5.41, 5.74) is 4.25. The Morgan fingerprint density at radius 2 is 1.62 bits per heavy atom. The third-order valence-electron chi connectivity index (χ3n) is 3.75. The van der Waals surface area contributed by atoms with E-state index in [0.717, 1.165) is 42.8 Å². The van der Waals surface area contributed by atoms with Crippen LogP contribution in [0.4, 0.5) is 0 Å². The number of thioether (sulfide) groups is 2. The van der Waals surface area contributed by atoms with Gasteiger partial charge in [-0.05, 0) is 6.26 Å². The number of aromatic nitrogens is 4. The van der Waals surface area contributed by atoms with Crippen LogP contribution in [0.25, 0.3) is 22.5 Å². The molecule has 0 spiro atoms. The number of hydrogen-bond acceptors (Lipinski definition) is 6. The monoisotopic (exact) mass is 396 g/mol. The fourth-order valence-electron chi connectivity index (χ4n) is 2.55. The first kappa shape index (κ1) is 17.3. The molecule has 4 nitrogen and oxygen atoms in total. The van der Waals surface area contributed by atoms with Crippen molar-refractivity contribution in [3.8, 4) is 22.5 Å². The van der Waals surface area contributed by atoms with Crippen molar-refractivity contribution in [2.75, 3.05) is 6.26 Å². The Bertz CT molecular complexity index is 923. The van der Waals surface area contributed by atoms with Crippen LogP contribution in [0.1, 0.15) is 5.01 Å². The highest BCUT2D eigenvalue weighted by Crippen LogP contribution is 2.34. The Kier molecular flexibility index (Phi) is 5.38. The maximum atomic E-state index is 4.86. The first-order valence-corrected chi connectivity index (χ1v) is 11.1. The molecule has 0 bridgehead atoms. The largest absolute Gasteiger partial charge is 0.332 e. The molecule has 0 aliphatic heterocycles. The van der Waals surface area contributed by atoms with Gasteiger partial charge < -0.3 is 4.98 Å². The lowest BCUT2D eigenvalue weighted by Crippen LogP contribution is -1.82. The zero-order chi connectivity index (χ0) is 17.8. The first-order valence-electron chi connectivity index (χ1n) is 8.03. The molecule has 2 aromatic heterocycles. The molecule has 130 valence electrons. The molecule has 4 aromatic rings. The maximum Gasteiger partial charge on any atom is 0.174 e. The van der Waals surface area contributed by atoms with E-state index in [4.69, 9.17) is 4.98 Å². The number of aromatic amines is 1. The molecular formula is C19H16N4S3. The summed E-state index contributed by atoms with van der Waals surface area (Å²) in [6.45, 7) is 0. The SMILES string of the molecule is CSc1nnc(CSc2nc(-c3ccccc3)c(-c3ccccc3)[nH]2)s1. The van der Waals surface area contributed by atoms with Crippen molar-refractivity contribution in [2.45, 2.75) is 15.2 Å². The molecule has 2 aromatic carbocycles. The molecule has 0 fully saturated rings. The molecular weight excluding hydrogens is 380 g/mol. The molecule has 0 saturated heterocycles. The van der Waals surface area contributed by atoms with Gasteiger partial charge in [-0.25, -0.2) is 4.98 Å². The van der Waals surface area contributed by atoms with E-state index in [-0.39, 0.29) is 0 Å². The quantitative estimate of drug-likeness (QED) is 0.429. The lowest BCUT2D eigenvalue weighted by molar-refractivity contribution is 0.977. The van der Waals surface area contributed by atoms with Gasteiger partial charge in [0.05, 0.1) is 17.1 Å². The van der Waals surface area contributed by atoms with Crippen LogP contribution in [0.2, 0.25) is 0 Å². The Morgan fingerprint density at radius 3 is 2.27 bits per heavy atom. The van der Waals surface area contributed by atoms with Crippen molar-refractivity contribution in [3.63, 3.8) is 0 Å². The maximum absolute atomic E-state index is 4.86. The second-order valence-corrected chi connectivity index (χ2v) is 8.53. The second-order valence-electron chi connectivity index (χ2n) is 5.45. The number of rotatable bonds is 6. The van der Waals surface area contributed by atoms with Crippen LogP contribution >= 0.6 is 34.9 Å². The number of benzene rings is 2. The van der Waals surface area contributed by atoms with Gasteiger partial charge in [0.15, 0.2) is 9.50 Å². The summed E-state index contributed by atoms with van der Waals surface area (Å²) in [6.07, 6.45) is 2.02. The third kappa shape index (κ3) is 3.85. The number of hydrogen-bond donors (Lipinski definition) is 1. The normalized spacial score (nSPS) is 11.0. The predicted octanol–water partition coefficient (Wildman–Crippen LogP) is 5.61. The van der Waals surface area contributed by atoms with Gasteiger partial charge in [0.25, 0.3) is 0 Å². The van der Waals surface area contributed by atoms with Crippen LogP contribution in [0.3, 0.4) is 0 Å². The van der Waals surface area contributed by atoms with Gasteiger partial charge in [0.1, 0.15) is 5.01 Å². The van der Waals surface area contributed by atoms with Crippen molar-refractivity contribution in [3.05, 3.63) is 65.7 Å². The van der Waals surface area contributed by atoms with Crippen LogP contribution < -0.4 is 0 Å². The summed E-state index contributed by atoms with van der Waals surface area (Å²) < 4.78 is 0.995. The molecule has 0 radical (unpaired) electrons. The van der Waals surface area contributed by atoms with Gasteiger partial charge in [0.2, 0.25) is 0 Å². The lowest BCUT2D eigenvalue weighted by atomic mass is 10.1. The van der Waals surface area contributed by atoms with E-state index in [9.17, 15) is 0 Å². The second kappa shape index (κ2) is 8.07. The summed E-state index contributed by atoms with van der Waals surface area (Å²) in [5.74, 6) is 0.758. The van der Waals surface area contributed by atoms with Gasteiger partial charge >= 0.3 is 0 Å². The Labute approximate surface area is 164 Å². The van der Waals surface area contributed by atoms with Gasteiger partial charge in [-0.2, -0.15) is 0 Å². The minimum atomic E-state index is 0.758. The van der Waals surface area contributed by atoms with Crippen molar-refractivity contribution in [1.82, 2.24) is 20.2 Å². The predicted molar refractivity (Wildman–Crippen MR) is 111 cm³/mol. The van der Waals surface area contributed by atoms with E-state index in [0.29, 0.717) is 0 Å². The topological polar surface area (TPSA) is 54.5 Å². The highest BCUT2D eigenvalue weighted by Gasteiger charge is 2.15. The molecule has 0 unspecified atom stereocenters. The fourth-order valence-corrected chi connectivity index (χ4v) is 4.72. The van der Waals surface area contributed by atoms with E-state index >= 15 is 0 Å². The molecule has 0 amide bonds. The minimum Gasteiger partial charge on any atom is -0.332 e. The number of imidazole rings is 1. The summed E-state index contributed by atoms with van der Waals surface area (Å²) in [7, 11) is 0. The van der Waals surface area contributed by atoms with E-state index in [2.05, 4.69) is 39.4 Å². The summed E-state index contributed by atoms with van der Waals surface area (Å²) in [4.78, 5) is 8.35. The lowest BCUT2D eigenvalue weighted by Gasteiger charge is -2.02. The van der Waals surface area contributed by atoms with Crippen LogP contribution in [0.5, 0.6) is 0 Å². The molecule has 2 heterocycles. The fraction of sp³-hybridized carbons (Fsp3) is 0.105. The van der Waals surface area contributed by atoms with E-state index < -0.39 is 0 Å². The van der Waals surface area contributed by atoms with Crippen molar-refractivity contribution in [2.24, 2.45) is 0 Å². The Balaban J connectivity index is 1.65. The molecule has 1 N–H and O–H groups in total. The average Bonchev–Trinajstić information content (AvgIpc) is 3.35. The smallest absolute Gasteiger partial charge is 0.174 e. The minimum absolute atomic E-state index is 0.758.